The molecule has 1 atom stereocenters. The monoisotopic (exact) mass is 249 g/mol. The summed E-state index contributed by atoms with van der Waals surface area (Å²) in [6.45, 7) is 6.95. The van der Waals surface area contributed by atoms with Crippen molar-refractivity contribution in [3.05, 3.63) is 34.9 Å². The van der Waals surface area contributed by atoms with Gasteiger partial charge >= 0.3 is 0 Å². The van der Waals surface area contributed by atoms with Crippen LogP contribution in [0.25, 0.3) is 0 Å². The molecule has 0 aliphatic carbocycles. The van der Waals surface area contributed by atoms with Crippen LogP contribution < -0.4 is 5.32 Å². The molecule has 0 saturated carbocycles. The van der Waals surface area contributed by atoms with E-state index in [9.17, 15) is 4.79 Å². The fraction of sp³-hybridized carbons (Fsp3) is 0.533. The number of rotatable bonds is 6. The molecule has 0 heterocycles. The van der Waals surface area contributed by atoms with E-state index >= 15 is 0 Å². The van der Waals surface area contributed by atoms with Gasteiger partial charge in [0.05, 0.1) is 6.42 Å². The van der Waals surface area contributed by atoms with Gasteiger partial charge in [-0.15, -0.1) is 0 Å². The third-order valence-corrected chi connectivity index (χ3v) is 3.21. The maximum absolute atomic E-state index is 11.7. The van der Waals surface area contributed by atoms with Crippen molar-refractivity contribution in [2.45, 2.75) is 33.6 Å². The molecule has 1 rings (SSSR count). The van der Waals surface area contributed by atoms with E-state index in [1.54, 1.807) is 0 Å². The summed E-state index contributed by atoms with van der Waals surface area (Å²) in [5.41, 5.74) is 3.51. The summed E-state index contributed by atoms with van der Waals surface area (Å²) in [7, 11) is 0. The molecule has 100 valence electrons. The summed E-state index contributed by atoms with van der Waals surface area (Å²) in [6.07, 6.45) is 1.15. The quantitative estimate of drug-likeness (QED) is 0.810. The molecule has 0 saturated heterocycles. The highest BCUT2D eigenvalue weighted by Crippen LogP contribution is 2.10. The first kappa shape index (κ1) is 14.7. The van der Waals surface area contributed by atoms with E-state index in [0.717, 1.165) is 12.0 Å². The normalized spacial score (nSPS) is 12.2. The fourth-order valence-electron chi connectivity index (χ4n) is 1.77. The summed E-state index contributed by atoms with van der Waals surface area (Å²) in [6, 6.07) is 6.11. The Balaban J connectivity index is 2.42. The minimum atomic E-state index is 0.0445. The number of benzene rings is 1. The number of aliphatic hydroxyl groups excluding tert-OH is 1. The Kier molecular flexibility index (Phi) is 5.86. The van der Waals surface area contributed by atoms with Crippen LogP contribution in [0.4, 0.5) is 0 Å². The lowest BCUT2D eigenvalue weighted by Crippen LogP contribution is -2.29. The topological polar surface area (TPSA) is 49.3 Å². The van der Waals surface area contributed by atoms with Gasteiger partial charge in [0.25, 0.3) is 0 Å². The predicted octanol–water partition coefficient (Wildman–Crippen LogP) is 1.98. The number of carbonyl (C=O) groups excluding carboxylic acids is 1. The van der Waals surface area contributed by atoms with Crippen LogP contribution in [0.1, 0.15) is 30.0 Å². The molecule has 1 amide bonds. The first-order valence-electron chi connectivity index (χ1n) is 6.46. The summed E-state index contributed by atoms with van der Waals surface area (Å²) in [5, 5.41) is 11.7. The molecular formula is C15H23NO2. The standard InChI is InChI=1S/C15H23NO2/c1-11(6-7-17)10-16-15(18)9-14-5-4-12(2)13(3)8-14/h4-5,8,11,17H,6-7,9-10H2,1-3H3,(H,16,18). The van der Waals surface area contributed by atoms with Crippen LogP contribution in [0.5, 0.6) is 0 Å². The van der Waals surface area contributed by atoms with Crippen LogP contribution >= 0.6 is 0 Å². The lowest BCUT2D eigenvalue weighted by molar-refractivity contribution is -0.120. The molecule has 18 heavy (non-hydrogen) atoms. The molecule has 3 nitrogen and oxygen atoms in total. The van der Waals surface area contributed by atoms with Crippen LogP contribution in [0, 0.1) is 19.8 Å². The van der Waals surface area contributed by atoms with Crippen molar-refractivity contribution in [1.82, 2.24) is 5.32 Å². The fourth-order valence-corrected chi connectivity index (χ4v) is 1.77. The van der Waals surface area contributed by atoms with E-state index in [1.165, 1.54) is 11.1 Å². The van der Waals surface area contributed by atoms with E-state index in [-0.39, 0.29) is 12.5 Å². The zero-order chi connectivity index (χ0) is 13.5. The van der Waals surface area contributed by atoms with Gasteiger partial charge in [0, 0.05) is 13.2 Å². The van der Waals surface area contributed by atoms with Gasteiger partial charge in [-0.25, -0.2) is 0 Å². The van der Waals surface area contributed by atoms with Gasteiger partial charge in [-0.2, -0.15) is 0 Å². The molecule has 0 aliphatic heterocycles. The van der Waals surface area contributed by atoms with E-state index in [4.69, 9.17) is 5.11 Å². The van der Waals surface area contributed by atoms with E-state index < -0.39 is 0 Å². The van der Waals surface area contributed by atoms with Crippen molar-refractivity contribution in [2.24, 2.45) is 5.92 Å². The van der Waals surface area contributed by atoms with Crippen molar-refractivity contribution in [3.63, 3.8) is 0 Å². The summed E-state index contributed by atoms with van der Waals surface area (Å²) in [5.74, 6) is 0.363. The smallest absolute Gasteiger partial charge is 0.224 e. The third-order valence-electron chi connectivity index (χ3n) is 3.21. The molecule has 3 heteroatoms. The Morgan fingerprint density at radius 2 is 2.06 bits per heavy atom. The Morgan fingerprint density at radius 3 is 2.67 bits per heavy atom. The molecule has 1 aromatic carbocycles. The second-order valence-corrected chi connectivity index (χ2v) is 5.02. The molecule has 0 radical (unpaired) electrons. The van der Waals surface area contributed by atoms with Gasteiger partial charge in [0.1, 0.15) is 0 Å². The van der Waals surface area contributed by atoms with Gasteiger partial charge in [0.15, 0.2) is 0 Å². The van der Waals surface area contributed by atoms with Gasteiger partial charge in [0.2, 0.25) is 5.91 Å². The van der Waals surface area contributed by atoms with Crippen LogP contribution in [-0.2, 0) is 11.2 Å². The molecule has 0 bridgehead atoms. The molecule has 0 aromatic heterocycles. The second kappa shape index (κ2) is 7.17. The molecule has 1 unspecified atom stereocenters. The van der Waals surface area contributed by atoms with Crippen molar-refractivity contribution in [3.8, 4) is 0 Å². The second-order valence-electron chi connectivity index (χ2n) is 5.02. The highest BCUT2D eigenvalue weighted by molar-refractivity contribution is 5.78. The summed E-state index contributed by atoms with van der Waals surface area (Å²) >= 11 is 0. The Hall–Kier alpha value is -1.35. The van der Waals surface area contributed by atoms with Crippen molar-refractivity contribution < 1.29 is 9.90 Å². The van der Waals surface area contributed by atoms with Gasteiger partial charge in [-0.3, -0.25) is 4.79 Å². The maximum atomic E-state index is 11.7. The molecular weight excluding hydrogens is 226 g/mol. The number of amides is 1. The average molecular weight is 249 g/mol. The summed E-state index contributed by atoms with van der Waals surface area (Å²) in [4.78, 5) is 11.7. The highest BCUT2D eigenvalue weighted by atomic mass is 16.3. The van der Waals surface area contributed by atoms with E-state index in [2.05, 4.69) is 25.2 Å². The van der Waals surface area contributed by atoms with Crippen LogP contribution in [0.2, 0.25) is 0 Å². The lowest BCUT2D eigenvalue weighted by atomic mass is 10.0. The average Bonchev–Trinajstić information content (AvgIpc) is 2.32. The maximum Gasteiger partial charge on any atom is 0.224 e. The third kappa shape index (κ3) is 4.88. The number of nitrogens with one attached hydrogen (secondary N) is 1. The van der Waals surface area contributed by atoms with Crippen LogP contribution in [0.3, 0.4) is 0 Å². The molecule has 2 N–H and O–H groups in total. The van der Waals surface area contributed by atoms with Crippen LogP contribution in [-0.4, -0.2) is 24.2 Å². The molecule has 1 aromatic rings. The van der Waals surface area contributed by atoms with Gasteiger partial charge in [-0.05, 0) is 42.9 Å². The largest absolute Gasteiger partial charge is 0.396 e. The van der Waals surface area contributed by atoms with Gasteiger partial charge < -0.3 is 10.4 Å². The number of aliphatic hydroxyl groups is 1. The Morgan fingerprint density at radius 1 is 1.33 bits per heavy atom. The van der Waals surface area contributed by atoms with Gasteiger partial charge in [-0.1, -0.05) is 25.1 Å². The number of hydrogen-bond acceptors (Lipinski definition) is 2. The predicted molar refractivity (Wildman–Crippen MR) is 73.5 cm³/mol. The highest BCUT2D eigenvalue weighted by Gasteiger charge is 2.06. The number of carbonyl (C=O) groups is 1. The number of aryl methyl sites for hydroxylation is 2. The molecule has 0 fully saturated rings. The Bertz CT molecular complexity index is 401. The first-order valence-corrected chi connectivity index (χ1v) is 6.46. The zero-order valence-corrected chi connectivity index (χ0v) is 11.5. The lowest BCUT2D eigenvalue weighted by Gasteiger charge is -2.11. The van der Waals surface area contributed by atoms with E-state index in [1.807, 2.05) is 19.1 Å². The van der Waals surface area contributed by atoms with Crippen molar-refractivity contribution in [2.75, 3.05) is 13.2 Å². The minimum absolute atomic E-state index is 0.0445. The Labute approximate surface area is 109 Å². The molecule has 0 aliphatic rings. The zero-order valence-electron chi connectivity index (χ0n) is 11.5. The number of hydrogen-bond donors (Lipinski definition) is 2. The van der Waals surface area contributed by atoms with E-state index in [0.29, 0.717) is 18.9 Å². The van der Waals surface area contributed by atoms with Crippen LogP contribution in [0.15, 0.2) is 18.2 Å². The SMILES string of the molecule is Cc1ccc(CC(=O)NCC(C)CCO)cc1C. The minimum Gasteiger partial charge on any atom is -0.396 e. The first-order chi connectivity index (χ1) is 8.52. The molecule has 0 spiro atoms. The summed E-state index contributed by atoms with van der Waals surface area (Å²) < 4.78 is 0. The van der Waals surface area contributed by atoms with Crippen molar-refractivity contribution >= 4 is 5.91 Å². The van der Waals surface area contributed by atoms with Crippen molar-refractivity contribution in [1.29, 1.82) is 0 Å².